The van der Waals surface area contributed by atoms with Gasteiger partial charge in [0.2, 0.25) is 0 Å². The van der Waals surface area contributed by atoms with Gasteiger partial charge in [0.15, 0.2) is 5.54 Å². The van der Waals surface area contributed by atoms with E-state index < -0.39 is 11.5 Å². The summed E-state index contributed by atoms with van der Waals surface area (Å²) in [6.45, 7) is 1.58. The van der Waals surface area contributed by atoms with Crippen LogP contribution in [0.3, 0.4) is 0 Å². The monoisotopic (exact) mass is 234 g/mol. The van der Waals surface area contributed by atoms with Crippen molar-refractivity contribution in [3.8, 4) is 0 Å². The summed E-state index contributed by atoms with van der Waals surface area (Å²) >= 11 is 0. The minimum atomic E-state index is -1.22. The molecule has 1 atom stereocenters. The van der Waals surface area contributed by atoms with Crippen molar-refractivity contribution in [2.24, 2.45) is 5.84 Å². The summed E-state index contributed by atoms with van der Waals surface area (Å²) in [7, 11) is 0. The van der Waals surface area contributed by atoms with Crippen LogP contribution in [0.4, 0.5) is 0 Å². The third kappa shape index (κ3) is 2.06. The highest BCUT2D eigenvalue weighted by atomic mass is 16.4. The van der Waals surface area contributed by atoms with Crippen molar-refractivity contribution < 1.29 is 9.90 Å². The van der Waals surface area contributed by atoms with Crippen molar-refractivity contribution in [3.63, 3.8) is 0 Å². The average molecular weight is 234 g/mol. The minimum absolute atomic E-state index is 0.716. The Morgan fingerprint density at radius 3 is 2.59 bits per heavy atom. The Bertz CT molecular complexity index is 445. The molecule has 0 amide bonds. The lowest BCUT2D eigenvalue weighted by Gasteiger charge is -2.26. The van der Waals surface area contributed by atoms with E-state index in [-0.39, 0.29) is 0 Å². The minimum Gasteiger partial charge on any atom is -0.480 e. The van der Waals surface area contributed by atoms with Crippen LogP contribution in [0.1, 0.15) is 36.5 Å². The molecule has 0 heterocycles. The van der Waals surface area contributed by atoms with Gasteiger partial charge in [-0.05, 0) is 49.3 Å². The topological polar surface area (TPSA) is 75.3 Å². The molecule has 0 fully saturated rings. The van der Waals surface area contributed by atoms with Gasteiger partial charge in [-0.15, -0.1) is 0 Å². The van der Waals surface area contributed by atoms with E-state index in [0.717, 1.165) is 12.8 Å². The first-order valence-electron chi connectivity index (χ1n) is 5.91. The molecule has 1 unspecified atom stereocenters. The molecule has 1 aromatic rings. The summed E-state index contributed by atoms with van der Waals surface area (Å²) in [5.74, 6) is 4.42. The van der Waals surface area contributed by atoms with Crippen LogP contribution < -0.4 is 11.3 Å². The van der Waals surface area contributed by atoms with Crippen molar-refractivity contribution in [1.82, 2.24) is 5.43 Å². The molecule has 4 nitrogen and oxygen atoms in total. The zero-order chi connectivity index (χ0) is 12.5. The standard InChI is InChI=1S/C13H18N2O2/c1-13(15-14,12(16)17)11-7-6-9-4-2-3-5-10(9)8-11/h6-8,15H,2-5,14H2,1H3,(H,16,17). The van der Waals surface area contributed by atoms with Crippen molar-refractivity contribution in [2.45, 2.75) is 38.1 Å². The third-order valence-corrected chi connectivity index (χ3v) is 3.64. The fourth-order valence-electron chi connectivity index (χ4n) is 2.31. The van der Waals surface area contributed by atoms with Crippen LogP contribution in [0.2, 0.25) is 0 Å². The molecule has 0 saturated carbocycles. The lowest BCUT2D eigenvalue weighted by Crippen LogP contribution is -2.50. The molecular formula is C13H18N2O2. The van der Waals surface area contributed by atoms with Gasteiger partial charge in [0.25, 0.3) is 0 Å². The molecule has 4 N–H and O–H groups in total. The number of carbonyl (C=O) groups is 1. The number of aliphatic carboxylic acids is 1. The van der Waals surface area contributed by atoms with Crippen LogP contribution in [0.15, 0.2) is 18.2 Å². The molecule has 0 saturated heterocycles. The number of nitrogens with two attached hydrogens (primary N) is 1. The summed E-state index contributed by atoms with van der Waals surface area (Å²) < 4.78 is 0. The van der Waals surface area contributed by atoms with Crippen LogP contribution in [0.5, 0.6) is 0 Å². The quantitative estimate of drug-likeness (QED) is 0.545. The molecular weight excluding hydrogens is 216 g/mol. The number of hydrogen-bond acceptors (Lipinski definition) is 3. The Balaban J connectivity index is 2.42. The predicted octanol–water partition coefficient (Wildman–Crippen LogP) is 1.33. The van der Waals surface area contributed by atoms with Crippen LogP contribution in [0.25, 0.3) is 0 Å². The molecule has 1 aliphatic carbocycles. The number of fused-ring (bicyclic) bond motifs is 1. The molecule has 1 aliphatic rings. The lowest BCUT2D eigenvalue weighted by atomic mass is 9.85. The SMILES string of the molecule is CC(NN)(C(=O)O)c1ccc2c(c1)CCCC2. The molecule has 0 bridgehead atoms. The zero-order valence-corrected chi connectivity index (χ0v) is 9.99. The highest BCUT2D eigenvalue weighted by molar-refractivity contribution is 5.80. The van der Waals surface area contributed by atoms with Crippen LogP contribution in [-0.2, 0) is 23.2 Å². The van der Waals surface area contributed by atoms with Gasteiger partial charge >= 0.3 is 5.97 Å². The number of benzene rings is 1. The maximum Gasteiger partial charge on any atom is 0.329 e. The molecule has 0 aliphatic heterocycles. The van der Waals surface area contributed by atoms with Crippen LogP contribution in [-0.4, -0.2) is 11.1 Å². The van der Waals surface area contributed by atoms with E-state index in [1.54, 1.807) is 6.92 Å². The van der Waals surface area contributed by atoms with E-state index in [2.05, 4.69) is 5.43 Å². The van der Waals surface area contributed by atoms with E-state index in [4.69, 9.17) is 5.84 Å². The van der Waals surface area contributed by atoms with Crippen molar-refractivity contribution in [1.29, 1.82) is 0 Å². The number of hydrogen-bond donors (Lipinski definition) is 3. The molecule has 0 aromatic heterocycles. The fraction of sp³-hybridized carbons (Fsp3) is 0.462. The lowest BCUT2D eigenvalue weighted by molar-refractivity contribution is -0.144. The molecule has 92 valence electrons. The molecule has 0 spiro atoms. The van der Waals surface area contributed by atoms with Gasteiger partial charge in [0.05, 0.1) is 0 Å². The maximum absolute atomic E-state index is 11.3. The van der Waals surface area contributed by atoms with Gasteiger partial charge in [-0.3, -0.25) is 5.84 Å². The summed E-state index contributed by atoms with van der Waals surface area (Å²) in [6.07, 6.45) is 4.52. The zero-order valence-electron chi connectivity index (χ0n) is 9.99. The van der Waals surface area contributed by atoms with Gasteiger partial charge in [-0.2, -0.15) is 0 Å². The summed E-state index contributed by atoms with van der Waals surface area (Å²) in [6, 6.07) is 5.86. The largest absolute Gasteiger partial charge is 0.480 e. The first-order chi connectivity index (χ1) is 8.08. The molecule has 1 aromatic carbocycles. The van der Waals surface area contributed by atoms with Crippen molar-refractivity contribution >= 4 is 5.97 Å². The maximum atomic E-state index is 11.3. The second-order valence-corrected chi connectivity index (χ2v) is 4.77. The van der Waals surface area contributed by atoms with Gasteiger partial charge in [0, 0.05) is 0 Å². The molecule has 0 radical (unpaired) electrons. The summed E-state index contributed by atoms with van der Waals surface area (Å²) in [4.78, 5) is 11.3. The molecule has 4 heteroatoms. The number of hydrazine groups is 1. The summed E-state index contributed by atoms with van der Waals surface area (Å²) in [5, 5.41) is 9.25. The normalized spacial score (nSPS) is 18.2. The highest BCUT2D eigenvalue weighted by Crippen LogP contribution is 2.27. The van der Waals surface area contributed by atoms with Gasteiger partial charge in [-0.25, -0.2) is 10.2 Å². The Labute approximate surface area is 101 Å². The number of nitrogens with one attached hydrogen (secondary N) is 1. The Morgan fingerprint density at radius 2 is 2.00 bits per heavy atom. The smallest absolute Gasteiger partial charge is 0.329 e. The van der Waals surface area contributed by atoms with E-state index >= 15 is 0 Å². The van der Waals surface area contributed by atoms with E-state index in [1.807, 2.05) is 18.2 Å². The van der Waals surface area contributed by atoms with E-state index in [9.17, 15) is 9.90 Å². The number of rotatable bonds is 3. The Hall–Kier alpha value is -1.39. The number of carboxylic acids is 1. The number of carboxylic acid groups (broad SMARTS) is 1. The van der Waals surface area contributed by atoms with Crippen LogP contribution >= 0.6 is 0 Å². The van der Waals surface area contributed by atoms with E-state index in [1.165, 1.54) is 24.0 Å². The van der Waals surface area contributed by atoms with Gasteiger partial charge in [0.1, 0.15) is 0 Å². The summed E-state index contributed by atoms with van der Waals surface area (Å²) in [5.41, 5.74) is 4.50. The van der Waals surface area contributed by atoms with Crippen LogP contribution in [0, 0.1) is 0 Å². The number of aryl methyl sites for hydroxylation is 2. The molecule has 17 heavy (non-hydrogen) atoms. The van der Waals surface area contributed by atoms with Crippen molar-refractivity contribution in [2.75, 3.05) is 0 Å². The van der Waals surface area contributed by atoms with Crippen molar-refractivity contribution in [3.05, 3.63) is 34.9 Å². The second-order valence-electron chi connectivity index (χ2n) is 4.77. The third-order valence-electron chi connectivity index (χ3n) is 3.64. The second kappa shape index (κ2) is 4.47. The van der Waals surface area contributed by atoms with E-state index in [0.29, 0.717) is 5.56 Å². The average Bonchev–Trinajstić information content (AvgIpc) is 2.37. The Kier molecular flexibility index (Phi) is 3.17. The molecule has 2 rings (SSSR count). The van der Waals surface area contributed by atoms with Gasteiger partial charge < -0.3 is 5.11 Å². The predicted molar refractivity (Wildman–Crippen MR) is 65.4 cm³/mol. The highest BCUT2D eigenvalue weighted by Gasteiger charge is 2.34. The fourth-order valence-corrected chi connectivity index (χ4v) is 2.31. The Morgan fingerprint density at radius 1 is 1.35 bits per heavy atom. The van der Waals surface area contributed by atoms with Gasteiger partial charge in [-0.1, -0.05) is 18.2 Å². The first-order valence-corrected chi connectivity index (χ1v) is 5.91. The first kappa shape index (κ1) is 12.1.